The lowest BCUT2D eigenvalue weighted by Crippen LogP contribution is -2.21. The first kappa shape index (κ1) is 23.0. The second kappa shape index (κ2) is 8.63. The summed E-state index contributed by atoms with van der Waals surface area (Å²) in [5.74, 6) is -1.90. The highest BCUT2D eigenvalue weighted by Gasteiger charge is 2.39. The van der Waals surface area contributed by atoms with Gasteiger partial charge in [0, 0.05) is 18.8 Å². The lowest BCUT2D eigenvalue weighted by molar-refractivity contribution is -0.141. The molecule has 1 atom stereocenters. The quantitative estimate of drug-likeness (QED) is 0.398. The minimum atomic E-state index is -4.84. The number of fused-ring (bicyclic) bond motifs is 1. The van der Waals surface area contributed by atoms with E-state index >= 15 is 0 Å². The van der Waals surface area contributed by atoms with Gasteiger partial charge in [-0.05, 0) is 23.8 Å². The molecule has 0 unspecified atom stereocenters. The van der Waals surface area contributed by atoms with E-state index in [2.05, 4.69) is 15.4 Å². The zero-order valence-corrected chi connectivity index (χ0v) is 17.7. The number of carbonyl (C=O) groups is 2. The van der Waals surface area contributed by atoms with Gasteiger partial charge in [-0.25, -0.2) is 4.98 Å². The van der Waals surface area contributed by atoms with Crippen molar-refractivity contribution in [1.29, 1.82) is 0 Å². The van der Waals surface area contributed by atoms with Crippen LogP contribution in [0, 0.1) is 0 Å². The number of carbonyl (C=O) groups excluding carboxylic acids is 2. The third-order valence-electron chi connectivity index (χ3n) is 5.14. The van der Waals surface area contributed by atoms with Gasteiger partial charge < -0.3 is 15.4 Å². The molecule has 12 heteroatoms. The molecule has 176 valence electrons. The van der Waals surface area contributed by atoms with Crippen molar-refractivity contribution in [1.82, 2.24) is 19.3 Å². The number of alkyl halides is 3. The molecule has 0 saturated carbocycles. The molecule has 4 N–H and O–H groups in total. The van der Waals surface area contributed by atoms with Gasteiger partial charge in [0.25, 0.3) is 5.91 Å². The number of imidazole rings is 1. The van der Waals surface area contributed by atoms with Crippen LogP contribution >= 0.6 is 0 Å². The fourth-order valence-electron chi connectivity index (χ4n) is 3.55. The number of hydrogen-bond acceptors (Lipinski definition) is 5. The molecule has 4 rings (SSSR count). The summed E-state index contributed by atoms with van der Waals surface area (Å²) in [5, 5.41) is 16.4. The molecule has 9 nitrogen and oxygen atoms in total. The van der Waals surface area contributed by atoms with E-state index in [1.165, 1.54) is 29.8 Å². The zero-order chi connectivity index (χ0) is 24.6. The number of nitrogens with two attached hydrogens (primary N) is 1. The average Bonchev–Trinajstić information content (AvgIpc) is 3.34. The number of amides is 2. The molecule has 0 radical (unpaired) electrons. The van der Waals surface area contributed by atoms with Gasteiger partial charge >= 0.3 is 6.18 Å². The van der Waals surface area contributed by atoms with E-state index in [0.29, 0.717) is 11.1 Å². The van der Waals surface area contributed by atoms with E-state index in [9.17, 15) is 27.9 Å². The predicted octanol–water partition coefficient (Wildman–Crippen LogP) is 2.87. The Balaban J connectivity index is 1.76. The van der Waals surface area contributed by atoms with Gasteiger partial charge in [-0.1, -0.05) is 30.3 Å². The molecule has 0 saturated heterocycles. The highest BCUT2D eigenvalue weighted by Crippen LogP contribution is 2.31. The van der Waals surface area contributed by atoms with Gasteiger partial charge in [0.2, 0.25) is 11.9 Å². The van der Waals surface area contributed by atoms with Crippen LogP contribution in [0.5, 0.6) is 0 Å². The molecule has 2 amide bonds. The maximum Gasteiger partial charge on any atom is 0.435 e. The number of rotatable bonds is 6. The monoisotopic (exact) mass is 472 g/mol. The Hall–Kier alpha value is -4.19. The molecule has 4 aromatic rings. The summed E-state index contributed by atoms with van der Waals surface area (Å²) in [5.41, 5.74) is 4.73. The third-order valence-corrected chi connectivity index (χ3v) is 5.14. The summed E-state index contributed by atoms with van der Waals surface area (Å²) in [6.07, 6.45) is -4.91. The highest BCUT2D eigenvalue weighted by atomic mass is 19.4. The Bertz CT molecular complexity index is 1380. The summed E-state index contributed by atoms with van der Waals surface area (Å²) in [6, 6.07) is 13.1. The number of anilines is 1. The molecular formula is C22H19F3N6O3. The van der Waals surface area contributed by atoms with Crippen molar-refractivity contribution in [3.8, 4) is 0 Å². The van der Waals surface area contributed by atoms with Gasteiger partial charge in [0.05, 0.1) is 29.2 Å². The standard InChI is InChI=1S/C22H19F3N6O3/c1-30-10-14(18(29-30)22(23,24)25)20(34)28-21-27-15-9-13(19(26)33)7-8-16(15)31(21)11-17(32)12-5-3-2-4-6-12/h2-10,17,32H,11H2,1H3,(H2,26,33)(H,27,28,34)/t17-/m1/s1. The van der Waals surface area contributed by atoms with Crippen LogP contribution in [0.2, 0.25) is 0 Å². The topological polar surface area (TPSA) is 128 Å². The smallest absolute Gasteiger partial charge is 0.387 e. The Morgan fingerprint density at radius 2 is 1.88 bits per heavy atom. The molecule has 34 heavy (non-hydrogen) atoms. The van der Waals surface area contributed by atoms with Crippen LogP contribution in [0.25, 0.3) is 11.0 Å². The van der Waals surface area contributed by atoms with Crippen molar-refractivity contribution in [3.05, 3.63) is 77.1 Å². The fourth-order valence-corrected chi connectivity index (χ4v) is 3.55. The predicted molar refractivity (Wildman–Crippen MR) is 116 cm³/mol. The fraction of sp³-hybridized carbons (Fsp3) is 0.182. The van der Waals surface area contributed by atoms with Gasteiger partial charge in [0.1, 0.15) is 0 Å². The van der Waals surface area contributed by atoms with Crippen molar-refractivity contribution in [2.75, 3.05) is 5.32 Å². The van der Waals surface area contributed by atoms with Crippen LogP contribution in [-0.4, -0.2) is 36.3 Å². The third kappa shape index (κ3) is 4.48. The minimum Gasteiger partial charge on any atom is -0.387 e. The maximum atomic E-state index is 13.3. The minimum absolute atomic E-state index is 0.0782. The van der Waals surface area contributed by atoms with E-state index in [1.54, 1.807) is 30.3 Å². The number of aliphatic hydroxyl groups excluding tert-OH is 1. The Labute approximate surface area is 190 Å². The average molecular weight is 472 g/mol. The van der Waals surface area contributed by atoms with Crippen molar-refractivity contribution in [3.63, 3.8) is 0 Å². The van der Waals surface area contributed by atoms with Crippen LogP contribution in [0.3, 0.4) is 0 Å². The molecule has 0 aliphatic rings. The number of aromatic nitrogens is 4. The maximum absolute atomic E-state index is 13.3. The number of primary amides is 1. The van der Waals surface area contributed by atoms with Gasteiger partial charge in [-0.15, -0.1) is 0 Å². The van der Waals surface area contributed by atoms with Crippen LogP contribution in [-0.2, 0) is 19.8 Å². The summed E-state index contributed by atoms with van der Waals surface area (Å²) >= 11 is 0. The lowest BCUT2D eigenvalue weighted by Gasteiger charge is -2.15. The summed E-state index contributed by atoms with van der Waals surface area (Å²) in [6.45, 7) is -0.0782. The molecule has 0 bridgehead atoms. The molecule has 0 aliphatic heterocycles. The molecule has 0 fully saturated rings. The lowest BCUT2D eigenvalue weighted by atomic mass is 10.1. The van der Waals surface area contributed by atoms with Crippen LogP contribution in [0.1, 0.15) is 38.1 Å². The Kier molecular flexibility index (Phi) is 5.83. The molecule has 0 spiro atoms. The Morgan fingerprint density at radius 3 is 2.53 bits per heavy atom. The number of aliphatic hydroxyl groups is 1. The zero-order valence-electron chi connectivity index (χ0n) is 17.7. The number of nitrogens with zero attached hydrogens (tertiary/aromatic N) is 4. The summed E-state index contributed by atoms with van der Waals surface area (Å²) in [4.78, 5) is 28.6. The molecule has 0 aliphatic carbocycles. The molecular weight excluding hydrogens is 453 g/mol. The number of hydrogen-bond donors (Lipinski definition) is 3. The summed E-state index contributed by atoms with van der Waals surface area (Å²) in [7, 11) is 1.27. The SMILES string of the molecule is Cn1cc(C(=O)Nc2nc3cc(C(N)=O)ccc3n2C[C@@H](O)c2ccccc2)c(C(F)(F)F)n1. The number of halogens is 3. The first-order valence-electron chi connectivity index (χ1n) is 10.00. The van der Waals surface area contributed by atoms with Crippen molar-refractivity contribution < 1.29 is 27.9 Å². The van der Waals surface area contributed by atoms with Gasteiger partial charge in [-0.3, -0.25) is 19.6 Å². The highest BCUT2D eigenvalue weighted by molar-refractivity contribution is 6.05. The second-order valence-electron chi connectivity index (χ2n) is 7.56. The van der Waals surface area contributed by atoms with Crippen LogP contribution in [0.15, 0.2) is 54.7 Å². The van der Waals surface area contributed by atoms with Gasteiger partial charge in [0.15, 0.2) is 5.69 Å². The normalized spacial score (nSPS) is 12.6. The van der Waals surface area contributed by atoms with E-state index in [4.69, 9.17) is 5.73 Å². The van der Waals surface area contributed by atoms with E-state index in [0.717, 1.165) is 10.9 Å². The number of nitrogens with one attached hydrogen (secondary N) is 1. The summed E-state index contributed by atoms with van der Waals surface area (Å²) < 4.78 is 42.3. The van der Waals surface area contributed by atoms with Crippen molar-refractivity contribution in [2.45, 2.75) is 18.8 Å². The first-order valence-corrected chi connectivity index (χ1v) is 10.00. The molecule has 2 aromatic carbocycles. The second-order valence-corrected chi connectivity index (χ2v) is 7.56. The van der Waals surface area contributed by atoms with Crippen LogP contribution in [0.4, 0.5) is 19.1 Å². The Morgan fingerprint density at radius 1 is 1.18 bits per heavy atom. The van der Waals surface area contributed by atoms with E-state index in [1.807, 2.05) is 0 Å². The first-order chi connectivity index (χ1) is 16.0. The van der Waals surface area contributed by atoms with Crippen LogP contribution < -0.4 is 11.1 Å². The number of benzene rings is 2. The van der Waals surface area contributed by atoms with E-state index in [-0.39, 0.29) is 23.6 Å². The molecule has 2 aromatic heterocycles. The van der Waals surface area contributed by atoms with Crippen molar-refractivity contribution >= 4 is 28.8 Å². The van der Waals surface area contributed by atoms with E-state index < -0.39 is 35.4 Å². The molecule has 2 heterocycles. The number of aryl methyl sites for hydroxylation is 1. The van der Waals surface area contributed by atoms with Crippen molar-refractivity contribution in [2.24, 2.45) is 12.8 Å². The largest absolute Gasteiger partial charge is 0.435 e. The van der Waals surface area contributed by atoms with Gasteiger partial charge in [-0.2, -0.15) is 18.3 Å².